The Labute approximate surface area is 129 Å². The molecule has 3 rings (SSSR count). The molecule has 1 aliphatic rings. The Kier molecular flexibility index (Phi) is 4.39. The fourth-order valence-electron chi connectivity index (χ4n) is 2.59. The van der Waals surface area contributed by atoms with E-state index in [9.17, 15) is 4.79 Å². The number of pyridine rings is 1. The van der Waals surface area contributed by atoms with Gasteiger partial charge in [-0.1, -0.05) is 6.07 Å². The maximum absolute atomic E-state index is 12.3. The van der Waals surface area contributed by atoms with E-state index in [2.05, 4.69) is 25.6 Å². The molecule has 6 nitrogen and oxygen atoms in total. The summed E-state index contributed by atoms with van der Waals surface area (Å²) in [7, 11) is 0. The molecule has 114 valence electrons. The average molecular weight is 297 g/mol. The summed E-state index contributed by atoms with van der Waals surface area (Å²) in [6.07, 6.45) is 3.89. The molecule has 0 aromatic carbocycles. The van der Waals surface area contributed by atoms with E-state index >= 15 is 0 Å². The van der Waals surface area contributed by atoms with E-state index in [0.717, 1.165) is 30.8 Å². The predicted molar refractivity (Wildman–Crippen MR) is 82.2 cm³/mol. The molecule has 0 saturated carbocycles. The van der Waals surface area contributed by atoms with Gasteiger partial charge in [-0.05, 0) is 44.5 Å². The Bertz CT molecular complexity index is 653. The monoisotopic (exact) mass is 297 g/mol. The van der Waals surface area contributed by atoms with Crippen LogP contribution in [0.1, 0.15) is 46.6 Å². The average Bonchev–Trinajstić information content (AvgIpc) is 3.07. The second kappa shape index (κ2) is 6.62. The van der Waals surface area contributed by atoms with Gasteiger partial charge in [0, 0.05) is 12.2 Å². The molecule has 0 radical (unpaired) electrons. The SMILES string of the molecule is Cc1nc(C(=O)NCc2ccccn2)cc([C@@H]2CCCN2)n1. The minimum Gasteiger partial charge on any atom is -0.345 e. The van der Waals surface area contributed by atoms with Crippen LogP contribution in [0.3, 0.4) is 0 Å². The fraction of sp³-hybridized carbons (Fsp3) is 0.375. The number of hydrogen-bond acceptors (Lipinski definition) is 5. The van der Waals surface area contributed by atoms with Gasteiger partial charge in [-0.25, -0.2) is 9.97 Å². The number of amides is 1. The van der Waals surface area contributed by atoms with Gasteiger partial charge in [-0.3, -0.25) is 9.78 Å². The van der Waals surface area contributed by atoms with Crippen molar-refractivity contribution >= 4 is 5.91 Å². The molecule has 1 fully saturated rings. The highest BCUT2D eigenvalue weighted by Gasteiger charge is 2.20. The third-order valence-corrected chi connectivity index (χ3v) is 3.66. The Morgan fingerprint density at radius 2 is 2.32 bits per heavy atom. The first-order valence-corrected chi connectivity index (χ1v) is 7.49. The highest BCUT2D eigenvalue weighted by molar-refractivity contribution is 5.92. The summed E-state index contributed by atoms with van der Waals surface area (Å²) in [5.74, 6) is 0.421. The van der Waals surface area contributed by atoms with Crippen molar-refractivity contribution in [2.45, 2.75) is 32.4 Å². The first-order chi connectivity index (χ1) is 10.7. The van der Waals surface area contributed by atoms with E-state index in [1.165, 1.54) is 0 Å². The van der Waals surface area contributed by atoms with Gasteiger partial charge in [0.05, 0.1) is 17.9 Å². The van der Waals surface area contributed by atoms with E-state index in [0.29, 0.717) is 18.1 Å². The normalized spacial score (nSPS) is 17.4. The van der Waals surface area contributed by atoms with Crippen molar-refractivity contribution in [2.75, 3.05) is 6.54 Å². The van der Waals surface area contributed by atoms with Crippen LogP contribution in [0.25, 0.3) is 0 Å². The lowest BCUT2D eigenvalue weighted by atomic mass is 10.1. The minimum atomic E-state index is -0.199. The summed E-state index contributed by atoms with van der Waals surface area (Å²) in [5.41, 5.74) is 2.12. The Morgan fingerprint density at radius 3 is 3.05 bits per heavy atom. The van der Waals surface area contributed by atoms with Gasteiger partial charge in [0.15, 0.2) is 0 Å². The third kappa shape index (κ3) is 3.46. The number of hydrogen-bond donors (Lipinski definition) is 2. The van der Waals surface area contributed by atoms with Crippen molar-refractivity contribution in [1.82, 2.24) is 25.6 Å². The van der Waals surface area contributed by atoms with Gasteiger partial charge in [0.1, 0.15) is 11.5 Å². The zero-order chi connectivity index (χ0) is 15.4. The largest absolute Gasteiger partial charge is 0.345 e. The maximum atomic E-state index is 12.3. The number of carbonyl (C=O) groups is 1. The van der Waals surface area contributed by atoms with Crippen molar-refractivity contribution in [3.8, 4) is 0 Å². The van der Waals surface area contributed by atoms with E-state index in [1.807, 2.05) is 25.1 Å². The van der Waals surface area contributed by atoms with Crippen LogP contribution in [0.15, 0.2) is 30.5 Å². The van der Waals surface area contributed by atoms with Gasteiger partial charge in [-0.2, -0.15) is 0 Å². The Morgan fingerprint density at radius 1 is 1.41 bits per heavy atom. The number of rotatable bonds is 4. The standard InChI is InChI=1S/C16H19N5O/c1-11-20-14(13-6-4-8-18-13)9-15(21-11)16(22)19-10-12-5-2-3-7-17-12/h2-3,5,7,9,13,18H,4,6,8,10H2,1H3,(H,19,22)/t13-/m0/s1. The van der Waals surface area contributed by atoms with Crippen LogP contribution in [0, 0.1) is 6.92 Å². The number of carbonyl (C=O) groups excluding carboxylic acids is 1. The summed E-state index contributed by atoms with van der Waals surface area (Å²) in [4.78, 5) is 25.2. The quantitative estimate of drug-likeness (QED) is 0.894. The summed E-state index contributed by atoms with van der Waals surface area (Å²) < 4.78 is 0. The highest BCUT2D eigenvalue weighted by Crippen LogP contribution is 2.21. The molecule has 0 bridgehead atoms. The number of nitrogens with zero attached hydrogens (tertiary/aromatic N) is 3. The molecule has 1 saturated heterocycles. The zero-order valence-corrected chi connectivity index (χ0v) is 12.5. The lowest BCUT2D eigenvalue weighted by Gasteiger charge is -2.12. The molecule has 6 heteroatoms. The van der Waals surface area contributed by atoms with Gasteiger partial charge >= 0.3 is 0 Å². The summed E-state index contributed by atoms with van der Waals surface area (Å²) in [6.45, 7) is 3.20. The van der Waals surface area contributed by atoms with Crippen LogP contribution in [0.2, 0.25) is 0 Å². The molecule has 2 aromatic rings. The molecule has 0 spiro atoms. The number of aromatic nitrogens is 3. The molecular weight excluding hydrogens is 278 g/mol. The summed E-state index contributed by atoms with van der Waals surface area (Å²) in [5, 5.41) is 6.24. The molecule has 2 aromatic heterocycles. The third-order valence-electron chi connectivity index (χ3n) is 3.66. The van der Waals surface area contributed by atoms with Gasteiger partial charge in [-0.15, -0.1) is 0 Å². The molecule has 1 amide bonds. The van der Waals surface area contributed by atoms with Crippen molar-refractivity contribution in [3.63, 3.8) is 0 Å². The van der Waals surface area contributed by atoms with Gasteiger partial charge in [0.2, 0.25) is 0 Å². The van der Waals surface area contributed by atoms with E-state index in [-0.39, 0.29) is 11.9 Å². The molecule has 1 aliphatic heterocycles. The molecule has 22 heavy (non-hydrogen) atoms. The van der Waals surface area contributed by atoms with Crippen LogP contribution in [-0.4, -0.2) is 27.4 Å². The summed E-state index contributed by atoms with van der Waals surface area (Å²) in [6, 6.07) is 7.63. The van der Waals surface area contributed by atoms with Crippen molar-refractivity contribution in [2.24, 2.45) is 0 Å². The zero-order valence-electron chi connectivity index (χ0n) is 12.5. The molecular formula is C16H19N5O. The van der Waals surface area contributed by atoms with Crippen LogP contribution < -0.4 is 10.6 Å². The Balaban J connectivity index is 1.71. The van der Waals surface area contributed by atoms with Crippen LogP contribution in [-0.2, 0) is 6.54 Å². The maximum Gasteiger partial charge on any atom is 0.270 e. The van der Waals surface area contributed by atoms with E-state index in [1.54, 1.807) is 12.3 Å². The Hall–Kier alpha value is -2.34. The molecule has 0 unspecified atom stereocenters. The number of aryl methyl sites for hydroxylation is 1. The summed E-state index contributed by atoms with van der Waals surface area (Å²) >= 11 is 0. The van der Waals surface area contributed by atoms with Crippen molar-refractivity contribution in [3.05, 3.63) is 53.4 Å². The van der Waals surface area contributed by atoms with Crippen LogP contribution in [0.5, 0.6) is 0 Å². The molecule has 0 aliphatic carbocycles. The smallest absolute Gasteiger partial charge is 0.270 e. The predicted octanol–water partition coefficient (Wildman–Crippen LogP) is 1.53. The van der Waals surface area contributed by atoms with E-state index in [4.69, 9.17) is 0 Å². The second-order valence-corrected chi connectivity index (χ2v) is 5.38. The van der Waals surface area contributed by atoms with Crippen molar-refractivity contribution < 1.29 is 4.79 Å². The first-order valence-electron chi connectivity index (χ1n) is 7.49. The lowest BCUT2D eigenvalue weighted by Crippen LogP contribution is -2.25. The first kappa shape index (κ1) is 14.6. The molecule has 1 atom stereocenters. The van der Waals surface area contributed by atoms with Crippen molar-refractivity contribution in [1.29, 1.82) is 0 Å². The van der Waals surface area contributed by atoms with Crippen LogP contribution in [0.4, 0.5) is 0 Å². The van der Waals surface area contributed by atoms with E-state index < -0.39 is 0 Å². The number of nitrogens with one attached hydrogen (secondary N) is 2. The second-order valence-electron chi connectivity index (χ2n) is 5.38. The van der Waals surface area contributed by atoms with Gasteiger partial charge < -0.3 is 10.6 Å². The molecule has 3 heterocycles. The highest BCUT2D eigenvalue weighted by atomic mass is 16.1. The van der Waals surface area contributed by atoms with Crippen LogP contribution >= 0.6 is 0 Å². The minimum absolute atomic E-state index is 0.199. The fourth-order valence-corrected chi connectivity index (χ4v) is 2.59. The molecule has 2 N–H and O–H groups in total. The topological polar surface area (TPSA) is 79.8 Å². The lowest BCUT2D eigenvalue weighted by molar-refractivity contribution is 0.0944. The van der Waals surface area contributed by atoms with Gasteiger partial charge in [0.25, 0.3) is 5.91 Å².